The topological polar surface area (TPSA) is 75.4 Å². The van der Waals surface area contributed by atoms with Crippen LogP contribution in [0.5, 0.6) is 0 Å². The molecule has 1 aliphatic carbocycles. The fourth-order valence-corrected chi connectivity index (χ4v) is 2.22. The number of nitrogens with one attached hydrogen (secondary N) is 1. The van der Waals surface area contributed by atoms with Crippen molar-refractivity contribution in [1.29, 1.82) is 0 Å². The second kappa shape index (κ2) is 5.30. The molecule has 0 saturated heterocycles. The Kier molecular flexibility index (Phi) is 3.76. The van der Waals surface area contributed by atoms with Crippen LogP contribution < -0.4 is 5.32 Å². The summed E-state index contributed by atoms with van der Waals surface area (Å²) in [5, 5.41) is 23.1. The molecule has 6 heteroatoms. The second-order valence-corrected chi connectivity index (χ2v) is 4.60. The molecule has 1 aromatic rings. The first-order chi connectivity index (χ1) is 8.54. The van der Waals surface area contributed by atoms with E-state index in [9.17, 15) is 19.6 Å². The lowest BCUT2D eigenvalue weighted by molar-refractivity contribution is -0.385. The minimum absolute atomic E-state index is 0.134. The quantitative estimate of drug-likeness (QED) is 0.641. The molecule has 1 aromatic carbocycles. The number of nitro benzene ring substituents is 1. The van der Waals surface area contributed by atoms with Crippen LogP contribution in [0.3, 0.4) is 0 Å². The first-order valence-corrected chi connectivity index (χ1v) is 5.94. The van der Waals surface area contributed by atoms with Gasteiger partial charge in [0.1, 0.15) is 5.82 Å². The predicted octanol–water partition coefficient (Wildman–Crippen LogP) is 2.45. The van der Waals surface area contributed by atoms with Gasteiger partial charge in [0.05, 0.1) is 17.1 Å². The van der Waals surface area contributed by atoms with Gasteiger partial charge in [-0.2, -0.15) is 0 Å². The van der Waals surface area contributed by atoms with Crippen molar-refractivity contribution in [1.82, 2.24) is 0 Å². The fourth-order valence-electron chi connectivity index (χ4n) is 2.22. The molecule has 0 amide bonds. The van der Waals surface area contributed by atoms with Gasteiger partial charge in [-0.05, 0) is 31.7 Å². The van der Waals surface area contributed by atoms with Crippen molar-refractivity contribution in [2.75, 3.05) is 5.32 Å². The second-order valence-electron chi connectivity index (χ2n) is 4.60. The molecule has 98 valence electrons. The highest BCUT2D eigenvalue weighted by Crippen LogP contribution is 2.25. The summed E-state index contributed by atoms with van der Waals surface area (Å²) in [5.74, 6) is -0.623. The maximum absolute atomic E-state index is 13.2. The number of rotatable bonds is 3. The summed E-state index contributed by atoms with van der Waals surface area (Å²) < 4.78 is 13.2. The first-order valence-electron chi connectivity index (χ1n) is 5.94. The largest absolute Gasteiger partial charge is 0.393 e. The number of anilines is 1. The zero-order valence-corrected chi connectivity index (χ0v) is 9.80. The number of hydrogen-bond acceptors (Lipinski definition) is 4. The summed E-state index contributed by atoms with van der Waals surface area (Å²) in [6.07, 6.45) is 2.71. The third-order valence-electron chi connectivity index (χ3n) is 3.16. The highest BCUT2D eigenvalue weighted by molar-refractivity contribution is 5.52. The number of aliphatic hydroxyl groups is 1. The van der Waals surface area contributed by atoms with Crippen molar-refractivity contribution < 1.29 is 14.4 Å². The van der Waals surface area contributed by atoms with Gasteiger partial charge < -0.3 is 10.4 Å². The molecule has 18 heavy (non-hydrogen) atoms. The average molecular weight is 254 g/mol. The standard InChI is InChI=1S/C12H15FN2O3/c13-8-5-10(7-11(6-8)15(17)18)14-9-1-3-12(16)4-2-9/h5-7,9,12,14,16H,1-4H2. The molecule has 0 heterocycles. The van der Waals surface area contributed by atoms with E-state index in [1.165, 1.54) is 12.1 Å². The molecule has 0 radical (unpaired) electrons. The number of hydrogen-bond donors (Lipinski definition) is 2. The van der Waals surface area contributed by atoms with Crippen LogP contribution in [0.25, 0.3) is 0 Å². The normalized spacial score (nSPS) is 23.7. The summed E-state index contributed by atoms with van der Waals surface area (Å²) in [6, 6.07) is 3.61. The summed E-state index contributed by atoms with van der Waals surface area (Å²) in [5.41, 5.74) is 0.163. The Morgan fingerprint density at radius 3 is 2.56 bits per heavy atom. The van der Waals surface area contributed by atoms with Crippen LogP contribution in [0.2, 0.25) is 0 Å². The molecule has 1 aliphatic rings. The van der Waals surface area contributed by atoms with Gasteiger partial charge in [0.2, 0.25) is 0 Å². The van der Waals surface area contributed by atoms with E-state index in [1.807, 2.05) is 0 Å². The Morgan fingerprint density at radius 1 is 1.28 bits per heavy atom. The van der Waals surface area contributed by atoms with E-state index in [-0.39, 0.29) is 17.8 Å². The van der Waals surface area contributed by atoms with E-state index in [0.717, 1.165) is 18.9 Å². The van der Waals surface area contributed by atoms with E-state index in [4.69, 9.17) is 0 Å². The molecule has 0 aliphatic heterocycles. The smallest absolute Gasteiger partial charge is 0.274 e. The first kappa shape index (κ1) is 12.8. The zero-order valence-electron chi connectivity index (χ0n) is 9.80. The minimum atomic E-state index is -0.623. The summed E-state index contributed by atoms with van der Waals surface area (Å²) in [4.78, 5) is 10.0. The SMILES string of the molecule is O=[N+]([O-])c1cc(F)cc(NC2CCC(O)CC2)c1. The van der Waals surface area contributed by atoms with Crippen LogP contribution in [-0.2, 0) is 0 Å². The molecule has 0 unspecified atom stereocenters. The van der Waals surface area contributed by atoms with E-state index in [1.54, 1.807) is 0 Å². The molecule has 2 N–H and O–H groups in total. The molecule has 0 spiro atoms. The summed E-state index contributed by atoms with van der Waals surface area (Å²) in [7, 11) is 0. The maximum Gasteiger partial charge on any atom is 0.274 e. The Bertz CT molecular complexity index is 445. The molecular formula is C12H15FN2O3. The number of benzene rings is 1. The van der Waals surface area contributed by atoms with E-state index in [2.05, 4.69) is 5.32 Å². The van der Waals surface area contributed by atoms with Gasteiger partial charge in [-0.3, -0.25) is 10.1 Å². The van der Waals surface area contributed by atoms with Crippen LogP contribution in [0.1, 0.15) is 25.7 Å². The van der Waals surface area contributed by atoms with E-state index < -0.39 is 10.7 Å². The van der Waals surface area contributed by atoms with Crippen LogP contribution in [0, 0.1) is 15.9 Å². The Morgan fingerprint density at radius 2 is 1.94 bits per heavy atom. The van der Waals surface area contributed by atoms with Gasteiger partial charge in [-0.15, -0.1) is 0 Å². The predicted molar refractivity (Wildman–Crippen MR) is 64.9 cm³/mol. The van der Waals surface area contributed by atoms with Crippen molar-refractivity contribution in [2.24, 2.45) is 0 Å². The van der Waals surface area contributed by atoms with Gasteiger partial charge in [0, 0.05) is 17.8 Å². The maximum atomic E-state index is 13.2. The number of aliphatic hydroxyl groups excluding tert-OH is 1. The van der Waals surface area contributed by atoms with Gasteiger partial charge in [0.15, 0.2) is 0 Å². The van der Waals surface area contributed by atoms with Crippen LogP contribution >= 0.6 is 0 Å². The third kappa shape index (κ3) is 3.16. The molecule has 2 rings (SSSR count). The fraction of sp³-hybridized carbons (Fsp3) is 0.500. The Balaban J connectivity index is 2.07. The highest BCUT2D eigenvalue weighted by atomic mass is 19.1. The van der Waals surface area contributed by atoms with Crippen molar-refractivity contribution >= 4 is 11.4 Å². The van der Waals surface area contributed by atoms with Crippen molar-refractivity contribution in [2.45, 2.75) is 37.8 Å². The van der Waals surface area contributed by atoms with Crippen molar-refractivity contribution in [3.63, 3.8) is 0 Å². The number of nitrogens with zero attached hydrogens (tertiary/aromatic N) is 1. The van der Waals surface area contributed by atoms with E-state index in [0.29, 0.717) is 18.5 Å². The van der Waals surface area contributed by atoms with E-state index >= 15 is 0 Å². The lowest BCUT2D eigenvalue weighted by atomic mass is 9.93. The molecule has 0 aromatic heterocycles. The van der Waals surface area contributed by atoms with Crippen LogP contribution in [-0.4, -0.2) is 22.2 Å². The highest BCUT2D eigenvalue weighted by Gasteiger charge is 2.20. The average Bonchev–Trinajstić information content (AvgIpc) is 2.31. The lowest BCUT2D eigenvalue weighted by Crippen LogP contribution is -2.28. The Labute approximate surface area is 104 Å². The number of nitro groups is 1. The lowest BCUT2D eigenvalue weighted by Gasteiger charge is -2.26. The Hall–Kier alpha value is -1.69. The van der Waals surface area contributed by atoms with Crippen molar-refractivity contribution in [3.05, 3.63) is 34.1 Å². The van der Waals surface area contributed by atoms with Crippen LogP contribution in [0.4, 0.5) is 15.8 Å². The molecule has 0 bridgehead atoms. The van der Waals surface area contributed by atoms with Crippen molar-refractivity contribution in [3.8, 4) is 0 Å². The third-order valence-corrected chi connectivity index (χ3v) is 3.16. The molecule has 1 fully saturated rings. The molecule has 1 saturated carbocycles. The number of halogens is 1. The summed E-state index contributed by atoms with van der Waals surface area (Å²) in [6.45, 7) is 0. The molecule has 5 nitrogen and oxygen atoms in total. The minimum Gasteiger partial charge on any atom is -0.393 e. The van der Waals surface area contributed by atoms with Gasteiger partial charge in [-0.25, -0.2) is 4.39 Å². The van der Waals surface area contributed by atoms with Gasteiger partial charge >= 0.3 is 0 Å². The summed E-state index contributed by atoms with van der Waals surface area (Å²) >= 11 is 0. The van der Waals surface area contributed by atoms with Gasteiger partial charge in [-0.1, -0.05) is 0 Å². The van der Waals surface area contributed by atoms with Crippen LogP contribution in [0.15, 0.2) is 18.2 Å². The molecule has 0 atom stereocenters. The molecular weight excluding hydrogens is 239 g/mol. The monoisotopic (exact) mass is 254 g/mol. The van der Waals surface area contributed by atoms with Gasteiger partial charge in [0.25, 0.3) is 5.69 Å². The number of non-ortho nitro benzene ring substituents is 1. The zero-order chi connectivity index (χ0) is 13.1.